The molecule has 1 heterocycles. The predicted octanol–water partition coefficient (Wildman–Crippen LogP) is 4.45. The Morgan fingerprint density at radius 1 is 1.11 bits per heavy atom. The van der Waals surface area contributed by atoms with Crippen LogP contribution in [-0.2, 0) is 6.54 Å². The van der Waals surface area contributed by atoms with Crippen molar-refractivity contribution in [3.05, 3.63) is 36.1 Å². The molecule has 0 amide bonds. The summed E-state index contributed by atoms with van der Waals surface area (Å²) in [6, 6.07) is 10.3. The van der Waals surface area contributed by atoms with Crippen molar-refractivity contribution in [2.24, 2.45) is 0 Å². The fraction of sp³-hybridized carbons (Fsp3) is 0.500. The van der Waals surface area contributed by atoms with Gasteiger partial charge in [-0.3, -0.25) is 0 Å². The van der Waals surface area contributed by atoms with E-state index in [0.717, 1.165) is 24.4 Å². The van der Waals surface area contributed by atoms with E-state index in [1.165, 1.54) is 36.8 Å². The zero-order valence-electron chi connectivity index (χ0n) is 11.7. The lowest BCUT2D eigenvalue weighted by Gasteiger charge is -2.02. The van der Waals surface area contributed by atoms with Crippen LogP contribution in [0, 0.1) is 0 Å². The van der Waals surface area contributed by atoms with E-state index >= 15 is 0 Å². The molecule has 0 aliphatic heterocycles. The topological polar surface area (TPSA) is 25.2 Å². The Hall–Kier alpha value is -0.930. The highest BCUT2D eigenvalue weighted by Gasteiger charge is 2.01. The van der Waals surface area contributed by atoms with Crippen LogP contribution in [0.4, 0.5) is 0 Å². The second-order valence-corrected chi connectivity index (χ2v) is 5.82. The smallest absolute Gasteiger partial charge is 0.134 e. The molecule has 19 heavy (non-hydrogen) atoms. The highest BCUT2D eigenvalue weighted by Crippen LogP contribution is 2.18. The molecular formula is C16H23NOS. The molecule has 2 rings (SSSR count). The molecule has 0 saturated carbocycles. The summed E-state index contributed by atoms with van der Waals surface area (Å²) in [4.78, 5) is 0. The summed E-state index contributed by atoms with van der Waals surface area (Å²) in [5, 5.41) is 4.65. The molecule has 0 atom stereocenters. The maximum Gasteiger partial charge on any atom is 0.134 e. The molecule has 0 radical (unpaired) electrons. The minimum Gasteiger partial charge on any atom is -0.460 e. The number of rotatable bonds is 9. The molecule has 0 saturated heterocycles. The van der Waals surface area contributed by atoms with Gasteiger partial charge in [0.2, 0.25) is 0 Å². The Kier molecular flexibility index (Phi) is 6.31. The predicted molar refractivity (Wildman–Crippen MR) is 84.8 cm³/mol. The van der Waals surface area contributed by atoms with Crippen LogP contribution in [-0.4, -0.2) is 18.6 Å². The SMILES string of the molecule is CSCCCCCCNCc1cc2ccccc2o1. The summed E-state index contributed by atoms with van der Waals surface area (Å²) in [6.07, 6.45) is 7.47. The van der Waals surface area contributed by atoms with Crippen LogP contribution in [0.15, 0.2) is 34.7 Å². The van der Waals surface area contributed by atoms with E-state index in [-0.39, 0.29) is 0 Å². The number of unbranched alkanes of at least 4 members (excludes halogenated alkanes) is 3. The number of hydrogen-bond acceptors (Lipinski definition) is 3. The van der Waals surface area contributed by atoms with Crippen LogP contribution in [0.3, 0.4) is 0 Å². The van der Waals surface area contributed by atoms with Crippen molar-refractivity contribution in [3.63, 3.8) is 0 Å². The Morgan fingerprint density at radius 3 is 2.79 bits per heavy atom. The van der Waals surface area contributed by atoms with Crippen LogP contribution < -0.4 is 5.32 Å². The van der Waals surface area contributed by atoms with Crippen LogP contribution in [0.5, 0.6) is 0 Å². The van der Waals surface area contributed by atoms with Gasteiger partial charge in [-0.05, 0) is 43.5 Å². The second kappa shape index (κ2) is 8.28. The van der Waals surface area contributed by atoms with Crippen LogP contribution in [0.1, 0.15) is 31.4 Å². The lowest BCUT2D eigenvalue weighted by atomic mass is 10.2. The summed E-state index contributed by atoms with van der Waals surface area (Å²) < 4.78 is 5.76. The quantitative estimate of drug-likeness (QED) is 0.686. The normalized spacial score (nSPS) is 11.2. The first kappa shape index (κ1) is 14.5. The van der Waals surface area contributed by atoms with Crippen molar-refractivity contribution in [1.29, 1.82) is 0 Å². The molecular weight excluding hydrogens is 254 g/mol. The molecule has 104 valence electrons. The van der Waals surface area contributed by atoms with E-state index in [9.17, 15) is 0 Å². The third kappa shape index (κ3) is 4.92. The third-order valence-electron chi connectivity index (χ3n) is 3.23. The monoisotopic (exact) mass is 277 g/mol. The first-order valence-electron chi connectivity index (χ1n) is 7.07. The Balaban J connectivity index is 1.60. The Labute approximate surface area is 119 Å². The molecule has 2 nitrogen and oxygen atoms in total. The minimum atomic E-state index is 0.833. The number of hydrogen-bond donors (Lipinski definition) is 1. The van der Waals surface area contributed by atoms with Gasteiger partial charge in [-0.2, -0.15) is 11.8 Å². The van der Waals surface area contributed by atoms with Crippen molar-refractivity contribution < 1.29 is 4.42 Å². The van der Waals surface area contributed by atoms with Crippen molar-refractivity contribution in [1.82, 2.24) is 5.32 Å². The Morgan fingerprint density at radius 2 is 1.95 bits per heavy atom. The number of para-hydroxylation sites is 1. The zero-order valence-corrected chi connectivity index (χ0v) is 12.5. The van der Waals surface area contributed by atoms with Crippen LogP contribution >= 0.6 is 11.8 Å². The molecule has 3 heteroatoms. The highest BCUT2D eigenvalue weighted by atomic mass is 32.2. The van der Waals surface area contributed by atoms with Gasteiger partial charge in [0.25, 0.3) is 0 Å². The molecule has 0 aliphatic rings. The zero-order chi connectivity index (χ0) is 13.3. The van der Waals surface area contributed by atoms with E-state index in [1.54, 1.807) is 0 Å². The summed E-state index contributed by atoms with van der Waals surface area (Å²) in [5.74, 6) is 2.33. The van der Waals surface area contributed by atoms with Gasteiger partial charge in [-0.15, -0.1) is 0 Å². The molecule has 0 bridgehead atoms. The van der Waals surface area contributed by atoms with Crippen molar-refractivity contribution in [2.75, 3.05) is 18.6 Å². The van der Waals surface area contributed by atoms with Crippen LogP contribution in [0.25, 0.3) is 11.0 Å². The maximum absolute atomic E-state index is 5.76. The summed E-state index contributed by atoms with van der Waals surface area (Å²) in [6.45, 7) is 1.91. The number of furan rings is 1. The van der Waals surface area contributed by atoms with Gasteiger partial charge in [-0.25, -0.2) is 0 Å². The molecule has 0 spiro atoms. The number of thioether (sulfide) groups is 1. The number of benzene rings is 1. The van der Waals surface area contributed by atoms with Crippen molar-refractivity contribution >= 4 is 22.7 Å². The molecule has 1 aromatic heterocycles. The average molecular weight is 277 g/mol. The molecule has 1 N–H and O–H groups in total. The highest BCUT2D eigenvalue weighted by molar-refractivity contribution is 7.98. The molecule has 0 aliphatic carbocycles. The average Bonchev–Trinajstić information content (AvgIpc) is 2.84. The van der Waals surface area contributed by atoms with Gasteiger partial charge in [0.1, 0.15) is 11.3 Å². The lowest BCUT2D eigenvalue weighted by Crippen LogP contribution is -2.14. The van der Waals surface area contributed by atoms with Gasteiger partial charge in [0.15, 0.2) is 0 Å². The first-order chi connectivity index (χ1) is 9.40. The van der Waals surface area contributed by atoms with Gasteiger partial charge in [0.05, 0.1) is 6.54 Å². The lowest BCUT2D eigenvalue weighted by molar-refractivity contribution is 0.504. The standard InChI is InChI=1S/C16H23NOS/c1-19-11-7-3-2-6-10-17-13-15-12-14-8-4-5-9-16(14)18-15/h4-5,8-9,12,17H,2-3,6-7,10-11,13H2,1H3. The fourth-order valence-electron chi connectivity index (χ4n) is 2.19. The maximum atomic E-state index is 5.76. The van der Waals surface area contributed by atoms with Gasteiger partial charge < -0.3 is 9.73 Å². The molecule has 1 aromatic carbocycles. The van der Waals surface area contributed by atoms with Crippen LogP contribution in [0.2, 0.25) is 0 Å². The van der Waals surface area contributed by atoms with E-state index in [1.807, 2.05) is 30.0 Å². The summed E-state index contributed by atoms with van der Waals surface area (Å²) >= 11 is 1.94. The largest absolute Gasteiger partial charge is 0.460 e. The van der Waals surface area contributed by atoms with Gasteiger partial charge >= 0.3 is 0 Å². The summed E-state index contributed by atoms with van der Waals surface area (Å²) in [7, 11) is 0. The molecule has 2 aromatic rings. The van der Waals surface area contributed by atoms with Crippen molar-refractivity contribution in [2.45, 2.75) is 32.2 Å². The second-order valence-electron chi connectivity index (χ2n) is 4.83. The third-order valence-corrected chi connectivity index (χ3v) is 3.92. The number of fused-ring (bicyclic) bond motifs is 1. The molecule has 0 fully saturated rings. The van der Waals surface area contributed by atoms with Crippen molar-refractivity contribution in [3.8, 4) is 0 Å². The van der Waals surface area contributed by atoms with Gasteiger partial charge in [-0.1, -0.05) is 31.0 Å². The summed E-state index contributed by atoms with van der Waals surface area (Å²) in [5.41, 5.74) is 0.983. The first-order valence-corrected chi connectivity index (χ1v) is 8.46. The van der Waals surface area contributed by atoms with E-state index < -0.39 is 0 Å². The minimum absolute atomic E-state index is 0.833. The fourth-order valence-corrected chi connectivity index (χ4v) is 2.68. The van der Waals surface area contributed by atoms with E-state index in [4.69, 9.17) is 4.42 Å². The molecule has 0 unspecified atom stereocenters. The Bertz CT molecular complexity index is 447. The van der Waals surface area contributed by atoms with Gasteiger partial charge in [0, 0.05) is 5.39 Å². The van der Waals surface area contributed by atoms with E-state index in [2.05, 4.69) is 23.7 Å². The number of nitrogens with one attached hydrogen (secondary N) is 1. The van der Waals surface area contributed by atoms with E-state index in [0.29, 0.717) is 0 Å².